The molecule has 4 atom stereocenters. The zero-order chi connectivity index (χ0) is 19.7. The molecule has 144 valence electrons. The Morgan fingerprint density at radius 2 is 2.33 bits per heavy atom. The van der Waals surface area contributed by atoms with Crippen LogP contribution >= 0.6 is 0 Å². The number of azide groups is 1. The third-order valence-electron chi connectivity index (χ3n) is 4.17. The SMILES string of the molecule is CC(C)C(=O)Nc1nc2c(ncn2[C@@H]2O[C@H](CO)[C@@H](O)C2N=[N+]=[N-])c(=O)[nH]1. The molecule has 13 nitrogen and oxygen atoms in total. The maximum atomic E-state index is 12.2. The fraction of sp³-hybridized carbons (Fsp3) is 0.571. The molecule has 27 heavy (non-hydrogen) atoms. The topological polar surface area (TPSA) is 191 Å². The average Bonchev–Trinajstić information content (AvgIpc) is 3.17. The number of amides is 1. The summed E-state index contributed by atoms with van der Waals surface area (Å²) in [5.41, 5.74) is 8.21. The van der Waals surface area contributed by atoms with Crippen molar-refractivity contribution < 1.29 is 19.7 Å². The molecule has 3 rings (SSSR count). The second kappa shape index (κ2) is 7.32. The smallest absolute Gasteiger partial charge is 0.280 e. The highest BCUT2D eigenvalue weighted by Gasteiger charge is 2.44. The number of fused-ring (bicyclic) bond motifs is 1. The maximum absolute atomic E-state index is 12.2. The van der Waals surface area contributed by atoms with Gasteiger partial charge < -0.3 is 14.9 Å². The van der Waals surface area contributed by atoms with Crippen molar-refractivity contribution in [2.75, 3.05) is 11.9 Å². The van der Waals surface area contributed by atoms with E-state index in [0.717, 1.165) is 0 Å². The zero-order valence-electron chi connectivity index (χ0n) is 14.5. The number of aliphatic hydroxyl groups is 2. The van der Waals surface area contributed by atoms with Crippen LogP contribution in [-0.4, -0.2) is 60.5 Å². The molecule has 1 amide bonds. The van der Waals surface area contributed by atoms with Gasteiger partial charge in [-0.2, -0.15) is 4.98 Å². The van der Waals surface area contributed by atoms with Crippen molar-refractivity contribution in [3.63, 3.8) is 0 Å². The van der Waals surface area contributed by atoms with E-state index in [-0.39, 0.29) is 28.9 Å². The van der Waals surface area contributed by atoms with Crippen molar-refractivity contribution in [2.24, 2.45) is 11.0 Å². The summed E-state index contributed by atoms with van der Waals surface area (Å²) >= 11 is 0. The van der Waals surface area contributed by atoms with Gasteiger partial charge in [0.2, 0.25) is 11.9 Å². The minimum atomic E-state index is -1.25. The summed E-state index contributed by atoms with van der Waals surface area (Å²) in [6.45, 7) is 2.87. The maximum Gasteiger partial charge on any atom is 0.280 e. The van der Waals surface area contributed by atoms with E-state index in [2.05, 4.69) is 30.3 Å². The van der Waals surface area contributed by atoms with E-state index in [0.29, 0.717) is 0 Å². The molecule has 0 radical (unpaired) electrons. The van der Waals surface area contributed by atoms with Gasteiger partial charge in [-0.15, -0.1) is 0 Å². The largest absolute Gasteiger partial charge is 0.394 e. The van der Waals surface area contributed by atoms with Gasteiger partial charge in [0.25, 0.3) is 5.56 Å². The van der Waals surface area contributed by atoms with E-state index >= 15 is 0 Å². The fourth-order valence-electron chi connectivity index (χ4n) is 2.73. The molecule has 4 N–H and O–H groups in total. The van der Waals surface area contributed by atoms with Crippen LogP contribution in [0.4, 0.5) is 5.95 Å². The Bertz CT molecular complexity index is 962. The lowest BCUT2D eigenvalue weighted by atomic mass is 10.1. The Balaban J connectivity index is 2.06. The van der Waals surface area contributed by atoms with Crippen LogP contribution in [-0.2, 0) is 9.53 Å². The van der Waals surface area contributed by atoms with E-state index in [1.807, 2.05) is 0 Å². The molecule has 1 aliphatic rings. The number of nitrogens with one attached hydrogen (secondary N) is 2. The summed E-state index contributed by atoms with van der Waals surface area (Å²) < 4.78 is 6.87. The Morgan fingerprint density at radius 1 is 1.59 bits per heavy atom. The lowest BCUT2D eigenvalue weighted by Crippen LogP contribution is -2.31. The van der Waals surface area contributed by atoms with Gasteiger partial charge in [-0.1, -0.05) is 19.0 Å². The predicted molar refractivity (Wildman–Crippen MR) is 91.6 cm³/mol. The van der Waals surface area contributed by atoms with Gasteiger partial charge in [0, 0.05) is 10.8 Å². The molecule has 2 aromatic heterocycles. The molecule has 0 aliphatic carbocycles. The number of nitrogens with zero attached hydrogens (tertiary/aromatic N) is 6. The van der Waals surface area contributed by atoms with Crippen LogP contribution in [0.3, 0.4) is 0 Å². The van der Waals surface area contributed by atoms with Crippen LogP contribution in [0.5, 0.6) is 0 Å². The van der Waals surface area contributed by atoms with Crippen LogP contribution < -0.4 is 10.9 Å². The summed E-state index contributed by atoms with van der Waals surface area (Å²) in [6.07, 6.45) is -2.03. The number of anilines is 1. The summed E-state index contributed by atoms with van der Waals surface area (Å²) in [4.78, 5) is 37.4. The second-order valence-electron chi connectivity index (χ2n) is 6.32. The molecular formula is C14H18N8O5. The Kier molecular flexibility index (Phi) is 5.10. The van der Waals surface area contributed by atoms with E-state index in [4.69, 9.17) is 10.3 Å². The fourth-order valence-corrected chi connectivity index (χ4v) is 2.73. The molecule has 13 heteroatoms. The number of H-pyrrole nitrogens is 1. The molecule has 0 bridgehead atoms. The number of carbonyl (C=O) groups is 1. The third-order valence-corrected chi connectivity index (χ3v) is 4.17. The highest BCUT2D eigenvalue weighted by atomic mass is 16.5. The monoisotopic (exact) mass is 378 g/mol. The lowest BCUT2D eigenvalue weighted by molar-refractivity contribution is -0.118. The molecule has 1 fully saturated rings. The third kappa shape index (κ3) is 3.36. The summed E-state index contributed by atoms with van der Waals surface area (Å²) in [5.74, 6) is -0.752. The van der Waals surface area contributed by atoms with Gasteiger partial charge in [-0.25, -0.2) is 4.98 Å². The van der Waals surface area contributed by atoms with Gasteiger partial charge >= 0.3 is 0 Å². The number of aromatic nitrogens is 4. The van der Waals surface area contributed by atoms with Gasteiger partial charge in [-0.3, -0.25) is 24.5 Å². The van der Waals surface area contributed by atoms with E-state index in [9.17, 15) is 19.8 Å². The minimum absolute atomic E-state index is 0.0252. The van der Waals surface area contributed by atoms with Crippen LogP contribution in [0.2, 0.25) is 0 Å². The first-order valence-electron chi connectivity index (χ1n) is 8.13. The van der Waals surface area contributed by atoms with Gasteiger partial charge in [0.1, 0.15) is 18.4 Å². The highest BCUT2D eigenvalue weighted by Crippen LogP contribution is 2.33. The van der Waals surface area contributed by atoms with Crippen molar-refractivity contribution in [3.8, 4) is 0 Å². The molecule has 0 aromatic carbocycles. The van der Waals surface area contributed by atoms with Crippen LogP contribution in [0.1, 0.15) is 20.1 Å². The van der Waals surface area contributed by atoms with Crippen LogP contribution in [0, 0.1) is 5.92 Å². The van der Waals surface area contributed by atoms with Crippen LogP contribution in [0.15, 0.2) is 16.2 Å². The molecule has 2 aromatic rings. The number of rotatable bonds is 5. The average molecular weight is 378 g/mol. The van der Waals surface area contributed by atoms with Gasteiger partial charge in [0.15, 0.2) is 11.2 Å². The van der Waals surface area contributed by atoms with E-state index in [1.54, 1.807) is 13.8 Å². The quantitative estimate of drug-likeness (QED) is 0.310. The number of aromatic amines is 1. The van der Waals surface area contributed by atoms with Crippen molar-refractivity contribution in [2.45, 2.75) is 38.3 Å². The Morgan fingerprint density at radius 3 is 2.96 bits per heavy atom. The first-order chi connectivity index (χ1) is 12.9. The zero-order valence-corrected chi connectivity index (χ0v) is 14.5. The standard InChI is InChI=1S/C14H18N8O5/c1-5(2)11(25)18-14-17-10-8(12(26)19-14)16-4-22(10)13-7(20-21-15)9(24)6(3-23)27-13/h4-7,9,13,23-24H,3H2,1-2H3,(H2,17,18,19,25,26)/t6-,7?,9-,13-/m1/s1. The number of ether oxygens (including phenoxy) is 1. The Hall–Kier alpha value is -2.99. The van der Waals surface area contributed by atoms with Gasteiger partial charge in [0.05, 0.1) is 19.0 Å². The predicted octanol–water partition coefficient (Wildman–Crippen LogP) is -0.356. The minimum Gasteiger partial charge on any atom is -0.394 e. The highest BCUT2D eigenvalue weighted by molar-refractivity contribution is 5.91. The molecular weight excluding hydrogens is 360 g/mol. The number of aliphatic hydroxyl groups excluding tert-OH is 2. The number of carbonyl (C=O) groups excluding carboxylic acids is 1. The van der Waals surface area contributed by atoms with Crippen molar-refractivity contribution in [3.05, 3.63) is 27.1 Å². The lowest BCUT2D eigenvalue weighted by Gasteiger charge is -2.17. The first kappa shape index (κ1) is 18.8. The molecule has 0 spiro atoms. The summed E-state index contributed by atoms with van der Waals surface area (Å²) in [6, 6.07) is -1.07. The first-order valence-corrected chi connectivity index (χ1v) is 8.13. The molecule has 1 aliphatic heterocycles. The van der Waals surface area contributed by atoms with Crippen molar-refractivity contribution in [1.29, 1.82) is 0 Å². The summed E-state index contributed by atoms with van der Waals surface area (Å²) in [7, 11) is 0. The van der Waals surface area contributed by atoms with Crippen molar-refractivity contribution >= 4 is 23.0 Å². The molecule has 1 unspecified atom stereocenters. The summed E-state index contributed by atoms with van der Waals surface area (Å²) in [5, 5.41) is 25.5. The normalized spacial score (nSPS) is 24.9. The number of imidazole rings is 1. The van der Waals surface area contributed by atoms with E-state index in [1.165, 1.54) is 10.9 Å². The molecule has 3 heterocycles. The van der Waals surface area contributed by atoms with Gasteiger partial charge in [-0.05, 0) is 5.53 Å². The number of hydrogen-bond donors (Lipinski definition) is 4. The van der Waals surface area contributed by atoms with Crippen molar-refractivity contribution in [1.82, 2.24) is 19.5 Å². The molecule has 0 saturated carbocycles. The van der Waals surface area contributed by atoms with E-state index < -0.39 is 36.6 Å². The molecule has 1 saturated heterocycles. The Labute approximate surface area is 151 Å². The van der Waals surface area contributed by atoms with Crippen LogP contribution in [0.25, 0.3) is 21.6 Å². The number of hydrogen-bond acceptors (Lipinski definition) is 8. The second-order valence-corrected chi connectivity index (χ2v) is 6.32.